The lowest BCUT2D eigenvalue weighted by Gasteiger charge is -2.35. The third-order valence-corrected chi connectivity index (χ3v) is 5.55. The highest BCUT2D eigenvalue weighted by Gasteiger charge is 2.46. The van der Waals surface area contributed by atoms with Crippen molar-refractivity contribution in [2.45, 2.75) is 37.5 Å². The van der Waals surface area contributed by atoms with E-state index in [2.05, 4.69) is 0 Å². The highest BCUT2D eigenvalue weighted by molar-refractivity contribution is 8.01. The van der Waals surface area contributed by atoms with Crippen LogP contribution in [0.4, 0.5) is 0 Å². The number of thioether (sulfide) groups is 1. The molecule has 19 heavy (non-hydrogen) atoms. The van der Waals surface area contributed by atoms with Crippen LogP contribution in [0.2, 0.25) is 0 Å². The maximum absolute atomic E-state index is 12.7. The summed E-state index contributed by atoms with van der Waals surface area (Å²) in [6, 6.07) is -0.326. The fourth-order valence-electron chi connectivity index (χ4n) is 2.87. The summed E-state index contributed by atoms with van der Waals surface area (Å²) in [4.78, 5) is 25.7. The van der Waals surface area contributed by atoms with Crippen LogP contribution in [-0.4, -0.2) is 58.2 Å². The number of ether oxygens (including phenoxy) is 1. The molecule has 0 aromatic heterocycles. The van der Waals surface area contributed by atoms with Crippen molar-refractivity contribution in [1.29, 1.82) is 0 Å². The van der Waals surface area contributed by atoms with Crippen molar-refractivity contribution in [3.8, 4) is 0 Å². The van der Waals surface area contributed by atoms with E-state index in [1.165, 1.54) is 0 Å². The SMILES string of the molecule is CCN(C(=O)C1(C)CCCS1)C1COCC1C(=O)O. The minimum Gasteiger partial charge on any atom is -0.481 e. The fourth-order valence-corrected chi connectivity index (χ4v) is 4.13. The first kappa shape index (κ1) is 14.7. The van der Waals surface area contributed by atoms with Crippen LogP contribution in [0.5, 0.6) is 0 Å². The molecule has 0 aliphatic carbocycles. The molecule has 2 heterocycles. The molecule has 6 heteroatoms. The molecule has 2 aliphatic heterocycles. The van der Waals surface area contributed by atoms with Crippen molar-refractivity contribution in [3.63, 3.8) is 0 Å². The van der Waals surface area contributed by atoms with E-state index in [0.717, 1.165) is 18.6 Å². The molecule has 0 aromatic rings. The van der Waals surface area contributed by atoms with E-state index >= 15 is 0 Å². The quantitative estimate of drug-likeness (QED) is 0.842. The molecule has 0 saturated carbocycles. The molecule has 0 spiro atoms. The van der Waals surface area contributed by atoms with Crippen LogP contribution in [0.1, 0.15) is 26.7 Å². The topological polar surface area (TPSA) is 66.8 Å². The van der Waals surface area contributed by atoms with Gasteiger partial charge in [-0.3, -0.25) is 9.59 Å². The van der Waals surface area contributed by atoms with E-state index in [-0.39, 0.29) is 23.3 Å². The smallest absolute Gasteiger partial charge is 0.311 e. The van der Waals surface area contributed by atoms with E-state index in [1.807, 2.05) is 13.8 Å². The first-order valence-electron chi connectivity index (χ1n) is 6.75. The number of hydrogen-bond donors (Lipinski definition) is 1. The molecule has 0 aromatic carbocycles. The predicted octanol–water partition coefficient (Wildman–Crippen LogP) is 1.22. The zero-order chi connectivity index (χ0) is 14.0. The van der Waals surface area contributed by atoms with Gasteiger partial charge < -0.3 is 14.7 Å². The van der Waals surface area contributed by atoms with Crippen LogP contribution in [-0.2, 0) is 14.3 Å². The number of carbonyl (C=O) groups excluding carboxylic acids is 1. The molecule has 3 unspecified atom stereocenters. The third-order valence-electron chi connectivity index (χ3n) is 4.04. The summed E-state index contributed by atoms with van der Waals surface area (Å²) in [5.41, 5.74) is 0. The van der Waals surface area contributed by atoms with Crippen LogP contribution < -0.4 is 0 Å². The van der Waals surface area contributed by atoms with Crippen LogP contribution in [0, 0.1) is 5.92 Å². The molecular formula is C13H21NO4S. The van der Waals surface area contributed by atoms with Crippen molar-refractivity contribution < 1.29 is 19.4 Å². The van der Waals surface area contributed by atoms with Gasteiger partial charge in [-0.15, -0.1) is 11.8 Å². The Hall–Kier alpha value is -0.750. The Kier molecular flexibility index (Phi) is 4.40. The number of carbonyl (C=O) groups is 2. The minimum absolute atomic E-state index is 0.0688. The van der Waals surface area contributed by atoms with E-state index in [0.29, 0.717) is 13.2 Å². The Morgan fingerprint density at radius 3 is 2.74 bits per heavy atom. The van der Waals surface area contributed by atoms with Crippen LogP contribution >= 0.6 is 11.8 Å². The number of rotatable bonds is 4. The van der Waals surface area contributed by atoms with Gasteiger partial charge in [-0.25, -0.2) is 0 Å². The summed E-state index contributed by atoms with van der Waals surface area (Å²) >= 11 is 1.69. The van der Waals surface area contributed by atoms with Crippen molar-refractivity contribution in [1.82, 2.24) is 4.90 Å². The minimum atomic E-state index is -0.877. The van der Waals surface area contributed by atoms with E-state index in [1.54, 1.807) is 16.7 Å². The molecule has 5 nitrogen and oxygen atoms in total. The van der Waals surface area contributed by atoms with E-state index < -0.39 is 11.9 Å². The van der Waals surface area contributed by atoms with Crippen LogP contribution in [0.15, 0.2) is 0 Å². The third kappa shape index (κ3) is 2.74. The lowest BCUT2D eigenvalue weighted by molar-refractivity contribution is -0.145. The monoisotopic (exact) mass is 287 g/mol. The van der Waals surface area contributed by atoms with Gasteiger partial charge in [-0.05, 0) is 32.4 Å². The second-order valence-corrected chi connectivity index (χ2v) is 6.92. The molecule has 2 aliphatic rings. The average molecular weight is 287 g/mol. The molecule has 1 N–H and O–H groups in total. The summed E-state index contributed by atoms with van der Waals surface area (Å²) in [6.45, 7) is 4.94. The largest absolute Gasteiger partial charge is 0.481 e. The van der Waals surface area contributed by atoms with E-state index in [4.69, 9.17) is 4.74 Å². The number of carboxylic acids is 1. The first-order chi connectivity index (χ1) is 8.99. The highest BCUT2D eigenvalue weighted by atomic mass is 32.2. The van der Waals surface area contributed by atoms with Gasteiger partial charge in [-0.2, -0.15) is 0 Å². The zero-order valence-electron chi connectivity index (χ0n) is 11.4. The second kappa shape index (κ2) is 5.71. The Labute approximate surface area is 117 Å². The molecule has 108 valence electrons. The van der Waals surface area contributed by atoms with Gasteiger partial charge in [0.2, 0.25) is 5.91 Å². The number of carboxylic acid groups (broad SMARTS) is 1. The lowest BCUT2D eigenvalue weighted by Crippen LogP contribution is -2.52. The summed E-state index contributed by atoms with van der Waals surface area (Å²) in [7, 11) is 0. The Morgan fingerprint density at radius 1 is 1.47 bits per heavy atom. The second-order valence-electron chi connectivity index (χ2n) is 5.32. The van der Waals surface area contributed by atoms with Gasteiger partial charge >= 0.3 is 5.97 Å². The van der Waals surface area contributed by atoms with Gasteiger partial charge in [0.1, 0.15) is 5.92 Å². The molecule has 2 saturated heterocycles. The van der Waals surface area contributed by atoms with Crippen molar-refractivity contribution in [2.75, 3.05) is 25.5 Å². The highest BCUT2D eigenvalue weighted by Crippen LogP contribution is 2.40. The number of likely N-dealkylation sites (N-methyl/N-ethyl adjacent to an activating group) is 1. The fraction of sp³-hybridized carbons (Fsp3) is 0.846. The van der Waals surface area contributed by atoms with Crippen molar-refractivity contribution >= 4 is 23.6 Å². The van der Waals surface area contributed by atoms with Gasteiger partial charge in [0.15, 0.2) is 0 Å². The number of hydrogen-bond acceptors (Lipinski definition) is 4. The normalized spacial score (nSPS) is 34.4. The molecule has 2 rings (SSSR count). The maximum Gasteiger partial charge on any atom is 0.311 e. The van der Waals surface area contributed by atoms with Crippen LogP contribution in [0.25, 0.3) is 0 Å². The first-order valence-corrected chi connectivity index (χ1v) is 7.73. The standard InChI is InChI=1S/C13H21NO4S/c1-3-14(10-8-18-7-9(10)11(15)16)12(17)13(2)5-4-6-19-13/h9-10H,3-8H2,1-2H3,(H,15,16). The summed E-state index contributed by atoms with van der Waals surface area (Å²) in [5.74, 6) is -0.403. The lowest BCUT2D eigenvalue weighted by atomic mass is 9.98. The zero-order valence-corrected chi connectivity index (χ0v) is 12.2. The Bertz CT molecular complexity index is 368. The number of amides is 1. The number of nitrogens with zero attached hydrogens (tertiary/aromatic N) is 1. The van der Waals surface area contributed by atoms with Crippen molar-refractivity contribution in [2.24, 2.45) is 5.92 Å². The Balaban J connectivity index is 2.15. The molecule has 0 radical (unpaired) electrons. The van der Waals surface area contributed by atoms with Gasteiger partial charge in [0.05, 0.1) is 24.0 Å². The van der Waals surface area contributed by atoms with Gasteiger partial charge in [0.25, 0.3) is 0 Å². The maximum atomic E-state index is 12.7. The average Bonchev–Trinajstić information content (AvgIpc) is 2.99. The van der Waals surface area contributed by atoms with Gasteiger partial charge in [-0.1, -0.05) is 0 Å². The predicted molar refractivity (Wildman–Crippen MR) is 73.2 cm³/mol. The summed E-state index contributed by atoms with van der Waals surface area (Å²) in [5, 5.41) is 9.22. The summed E-state index contributed by atoms with van der Waals surface area (Å²) in [6.07, 6.45) is 1.92. The molecule has 3 atom stereocenters. The number of aliphatic carboxylic acids is 1. The summed E-state index contributed by atoms with van der Waals surface area (Å²) < 4.78 is 4.89. The Morgan fingerprint density at radius 2 is 2.21 bits per heavy atom. The molecule has 2 fully saturated rings. The molecule has 1 amide bonds. The molecular weight excluding hydrogens is 266 g/mol. The van der Waals surface area contributed by atoms with Gasteiger partial charge in [0, 0.05) is 6.54 Å². The van der Waals surface area contributed by atoms with E-state index in [9.17, 15) is 14.7 Å². The molecule has 0 bridgehead atoms. The van der Waals surface area contributed by atoms with Crippen molar-refractivity contribution in [3.05, 3.63) is 0 Å². The van der Waals surface area contributed by atoms with Crippen LogP contribution in [0.3, 0.4) is 0 Å².